The second-order valence-electron chi connectivity index (χ2n) is 7.20. The van der Waals surface area contributed by atoms with Crippen LogP contribution in [0.25, 0.3) is 6.08 Å². The molecule has 2 aliphatic heterocycles. The van der Waals surface area contributed by atoms with Gasteiger partial charge < -0.3 is 9.47 Å². The molecule has 2 heterocycles. The highest BCUT2D eigenvalue weighted by Crippen LogP contribution is 2.30. The summed E-state index contributed by atoms with van der Waals surface area (Å²) in [6, 6.07) is 16.9. The smallest absolute Gasteiger partial charge is 0.283 e. The van der Waals surface area contributed by atoms with E-state index in [2.05, 4.69) is 17.0 Å². The van der Waals surface area contributed by atoms with E-state index in [9.17, 15) is 4.79 Å². The van der Waals surface area contributed by atoms with Gasteiger partial charge in [-0.1, -0.05) is 43.7 Å². The standard InChI is InChI=1S/C24H24N4O3S/c1-2-3-12-21-27-28-22(25)20(23(29)26-24(28)32-21)16-17-8-7-11-19(15-17)31-14-13-30-18-9-5-4-6-10-18/h4-11,15-16,25H,2-3,12-14H2,1H3/b20-16-,25-22?. The van der Waals surface area contributed by atoms with Crippen LogP contribution in [-0.4, -0.2) is 40.2 Å². The van der Waals surface area contributed by atoms with Crippen LogP contribution >= 0.6 is 11.8 Å². The molecule has 0 aromatic heterocycles. The van der Waals surface area contributed by atoms with Gasteiger partial charge in [-0.3, -0.25) is 10.2 Å². The molecule has 32 heavy (non-hydrogen) atoms. The number of thioether (sulfide) groups is 1. The Morgan fingerprint density at radius 3 is 2.59 bits per heavy atom. The summed E-state index contributed by atoms with van der Waals surface area (Å²) in [6.45, 7) is 2.92. The van der Waals surface area contributed by atoms with Crippen molar-refractivity contribution in [3.05, 3.63) is 65.7 Å². The molecule has 0 aliphatic carbocycles. The molecule has 4 rings (SSSR count). The molecule has 1 N–H and O–H groups in total. The maximum Gasteiger partial charge on any atom is 0.283 e. The Balaban J connectivity index is 1.41. The number of benzene rings is 2. The van der Waals surface area contributed by atoms with Gasteiger partial charge in [-0.25, -0.2) is 0 Å². The number of ether oxygens (including phenoxy) is 2. The van der Waals surface area contributed by atoms with Crippen LogP contribution < -0.4 is 9.47 Å². The van der Waals surface area contributed by atoms with Gasteiger partial charge in [0.05, 0.1) is 5.57 Å². The fourth-order valence-electron chi connectivity index (χ4n) is 3.16. The van der Waals surface area contributed by atoms with Crippen molar-refractivity contribution in [3.63, 3.8) is 0 Å². The Bertz CT molecular complexity index is 1100. The Morgan fingerprint density at radius 2 is 1.81 bits per heavy atom. The topological polar surface area (TPSA) is 87.3 Å². The van der Waals surface area contributed by atoms with Gasteiger partial charge in [0.1, 0.15) is 29.8 Å². The summed E-state index contributed by atoms with van der Waals surface area (Å²) < 4.78 is 11.4. The Labute approximate surface area is 191 Å². The van der Waals surface area contributed by atoms with Crippen molar-refractivity contribution in [1.29, 1.82) is 5.41 Å². The number of hydrogen-bond donors (Lipinski definition) is 1. The van der Waals surface area contributed by atoms with E-state index >= 15 is 0 Å². The SMILES string of the molecule is CCCCC1=NN2C(=N)/C(=C/c3cccc(OCCOc4ccccc4)c3)C(=O)N=C2S1. The number of hydrazone groups is 1. The predicted molar refractivity (Wildman–Crippen MR) is 128 cm³/mol. The molecule has 2 aliphatic rings. The van der Waals surface area contributed by atoms with Crippen molar-refractivity contribution < 1.29 is 14.3 Å². The first-order valence-electron chi connectivity index (χ1n) is 10.5. The van der Waals surface area contributed by atoms with Crippen LogP contribution in [0.4, 0.5) is 0 Å². The van der Waals surface area contributed by atoms with Crippen molar-refractivity contribution in [2.45, 2.75) is 26.2 Å². The van der Waals surface area contributed by atoms with Crippen molar-refractivity contribution in [3.8, 4) is 11.5 Å². The number of amides is 1. The van der Waals surface area contributed by atoms with Crippen LogP contribution in [0.2, 0.25) is 0 Å². The van der Waals surface area contributed by atoms with Gasteiger partial charge in [0.2, 0.25) is 5.17 Å². The molecule has 0 atom stereocenters. The van der Waals surface area contributed by atoms with E-state index in [4.69, 9.17) is 14.9 Å². The van der Waals surface area contributed by atoms with E-state index in [0.29, 0.717) is 24.1 Å². The average Bonchev–Trinajstić information content (AvgIpc) is 3.22. The maximum atomic E-state index is 12.6. The molecule has 8 heteroatoms. The molecule has 2 aromatic carbocycles. The fourth-order valence-corrected chi connectivity index (χ4v) is 4.08. The normalized spacial score (nSPS) is 16.7. The third-order valence-corrected chi connectivity index (χ3v) is 5.74. The van der Waals surface area contributed by atoms with Gasteiger partial charge in [-0.15, -0.1) is 0 Å². The van der Waals surface area contributed by atoms with E-state index in [1.807, 2.05) is 54.6 Å². The van der Waals surface area contributed by atoms with Crippen molar-refractivity contribution in [2.75, 3.05) is 13.2 Å². The molecule has 0 saturated heterocycles. The molecule has 0 bridgehead atoms. The van der Waals surface area contributed by atoms with E-state index in [1.165, 1.54) is 16.8 Å². The third-order valence-electron chi connectivity index (χ3n) is 4.77. The van der Waals surface area contributed by atoms with Crippen molar-refractivity contribution in [1.82, 2.24) is 5.01 Å². The van der Waals surface area contributed by atoms with E-state index in [-0.39, 0.29) is 11.4 Å². The summed E-state index contributed by atoms with van der Waals surface area (Å²) in [5, 5.41) is 15.7. The molecule has 0 saturated carbocycles. The molecule has 0 radical (unpaired) electrons. The van der Waals surface area contributed by atoms with Gasteiger partial charge in [0, 0.05) is 0 Å². The van der Waals surface area contributed by atoms with E-state index in [1.54, 1.807) is 6.08 Å². The number of nitrogens with zero attached hydrogens (tertiary/aromatic N) is 3. The molecular weight excluding hydrogens is 424 g/mol. The first-order valence-corrected chi connectivity index (χ1v) is 11.4. The summed E-state index contributed by atoms with van der Waals surface area (Å²) in [5.74, 6) is 1.07. The van der Waals surface area contributed by atoms with Gasteiger partial charge in [0.25, 0.3) is 5.91 Å². The first-order chi connectivity index (χ1) is 15.6. The van der Waals surface area contributed by atoms with Crippen LogP contribution in [0.3, 0.4) is 0 Å². The Kier molecular flexibility index (Phi) is 7.01. The number of aliphatic imine (C=N–C) groups is 1. The largest absolute Gasteiger partial charge is 0.490 e. The number of fused-ring (bicyclic) bond motifs is 1. The molecule has 164 valence electrons. The summed E-state index contributed by atoms with van der Waals surface area (Å²) in [4.78, 5) is 16.7. The number of rotatable bonds is 9. The van der Waals surface area contributed by atoms with Gasteiger partial charge in [-0.2, -0.15) is 15.1 Å². The first kappa shape index (κ1) is 21.8. The number of para-hydroxylation sites is 1. The lowest BCUT2D eigenvalue weighted by Crippen LogP contribution is -2.35. The number of carbonyl (C=O) groups is 1. The summed E-state index contributed by atoms with van der Waals surface area (Å²) in [6.07, 6.45) is 4.55. The third kappa shape index (κ3) is 5.26. The quantitative estimate of drug-likeness (QED) is 0.433. The fraction of sp³-hybridized carbons (Fsp3) is 0.250. The molecule has 2 aromatic rings. The highest BCUT2D eigenvalue weighted by Gasteiger charge is 2.35. The highest BCUT2D eigenvalue weighted by molar-refractivity contribution is 8.26. The van der Waals surface area contributed by atoms with Crippen molar-refractivity contribution in [2.24, 2.45) is 10.1 Å². The maximum absolute atomic E-state index is 12.6. The summed E-state index contributed by atoms with van der Waals surface area (Å²) >= 11 is 1.37. The lowest BCUT2D eigenvalue weighted by Gasteiger charge is -2.20. The number of hydrogen-bond acceptors (Lipinski definition) is 6. The minimum Gasteiger partial charge on any atom is -0.490 e. The summed E-state index contributed by atoms with van der Waals surface area (Å²) in [5.41, 5.74) is 0.958. The zero-order valence-corrected chi connectivity index (χ0v) is 18.6. The van der Waals surface area contributed by atoms with E-state index in [0.717, 1.165) is 35.6 Å². The van der Waals surface area contributed by atoms with Crippen LogP contribution in [0.1, 0.15) is 31.7 Å². The van der Waals surface area contributed by atoms with Crippen LogP contribution in [-0.2, 0) is 4.79 Å². The number of nitrogens with one attached hydrogen (secondary N) is 1. The monoisotopic (exact) mass is 448 g/mol. The molecular formula is C24H24N4O3S. The molecule has 0 fully saturated rings. The second-order valence-corrected chi connectivity index (χ2v) is 8.24. The Morgan fingerprint density at radius 1 is 1.06 bits per heavy atom. The molecule has 1 amide bonds. The predicted octanol–water partition coefficient (Wildman–Crippen LogP) is 4.95. The summed E-state index contributed by atoms with van der Waals surface area (Å²) in [7, 11) is 0. The minimum absolute atomic E-state index is 0.0431. The number of unbranched alkanes of at least 4 members (excludes halogenated alkanes) is 1. The van der Waals surface area contributed by atoms with Crippen LogP contribution in [0.5, 0.6) is 11.5 Å². The van der Waals surface area contributed by atoms with Gasteiger partial charge in [-0.05, 0) is 60.5 Å². The van der Waals surface area contributed by atoms with Crippen LogP contribution in [0.15, 0.2) is 70.3 Å². The number of amidine groups is 2. The average molecular weight is 449 g/mol. The van der Waals surface area contributed by atoms with Crippen LogP contribution in [0, 0.1) is 5.41 Å². The zero-order chi connectivity index (χ0) is 22.3. The van der Waals surface area contributed by atoms with Gasteiger partial charge >= 0.3 is 0 Å². The van der Waals surface area contributed by atoms with Gasteiger partial charge in [0.15, 0.2) is 5.84 Å². The molecule has 0 unspecified atom stereocenters. The highest BCUT2D eigenvalue weighted by atomic mass is 32.2. The lowest BCUT2D eigenvalue weighted by molar-refractivity contribution is -0.114. The second kappa shape index (κ2) is 10.3. The van der Waals surface area contributed by atoms with Crippen molar-refractivity contribution >= 4 is 39.8 Å². The number of carbonyl (C=O) groups excluding carboxylic acids is 1. The zero-order valence-electron chi connectivity index (χ0n) is 17.8. The minimum atomic E-state index is -0.428. The lowest BCUT2D eigenvalue weighted by atomic mass is 10.1. The van der Waals surface area contributed by atoms with E-state index < -0.39 is 5.91 Å². The molecule has 7 nitrogen and oxygen atoms in total. The molecule has 0 spiro atoms. The Hall–Kier alpha value is -3.39.